The maximum atomic E-state index is 13.2. The number of nitrogens with zero attached hydrogens (tertiary/aromatic N) is 1. The van der Waals surface area contributed by atoms with Gasteiger partial charge in [-0.3, -0.25) is 4.90 Å². The molecule has 2 rings (SSSR count). The summed E-state index contributed by atoms with van der Waals surface area (Å²) in [6, 6.07) is 5.72. The Morgan fingerprint density at radius 2 is 2.26 bits per heavy atom. The highest BCUT2D eigenvalue weighted by Gasteiger charge is 2.26. The Balaban J connectivity index is 2.10. The lowest BCUT2D eigenvalue weighted by Crippen LogP contribution is -2.53. The zero-order valence-corrected chi connectivity index (χ0v) is 12.2. The minimum atomic E-state index is -0.139. The summed E-state index contributed by atoms with van der Waals surface area (Å²) in [6.45, 7) is 10.7. The Morgan fingerprint density at radius 3 is 2.95 bits per heavy atom. The van der Waals surface area contributed by atoms with E-state index in [4.69, 9.17) is 0 Å². The van der Waals surface area contributed by atoms with E-state index in [0.717, 1.165) is 31.7 Å². The van der Waals surface area contributed by atoms with Gasteiger partial charge in [0, 0.05) is 32.2 Å². The Hall–Kier alpha value is -0.930. The third-order valence-corrected chi connectivity index (χ3v) is 4.38. The van der Waals surface area contributed by atoms with Crippen LogP contribution in [0.5, 0.6) is 0 Å². The van der Waals surface area contributed by atoms with Crippen molar-refractivity contribution in [3.05, 3.63) is 35.1 Å². The fourth-order valence-electron chi connectivity index (χ4n) is 2.85. The predicted octanol–water partition coefficient (Wildman–Crippen LogP) is 2.95. The zero-order valence-electron chi connectivity index (χ0n) is 12.2. The van der Waals surface area contributed by atoms with Crippen LogP contribution in [0.3, 0.4) is 0 Å². The Labute approximate surface area is 116 Å². The molecule has 0 saturated carbocycles. The second kappa shape index (κ2) is 6.49. The van der Waals surface area contributed by atoms with E-state index in [1.54, 1.807) is 12.1 Å². The molecule has 2 nitrogen and oxygen atoms in total. The monoisotopic (exact) mass is 264 g/mol. The summed E-state index contributed by atoms with van der Waals surface area (Å²) in [4.78, 5) is 2.55. The summed E-state index contributed by atoms with van der Waals surface area (Å²) < 4.78 is 13.2. The van der Waals surface area contributed by atoms with E-state index in [0.29, 0.717) is 12.0 Å². The first kappa shape index (κ1) is 14.5. The van der Waals surface area contributed by atoms with E-state index in [1.807, 2.05) is 13.0 Å². The molecule has 1 saturated heterocycles. The number of halogens is 1. The lowest BCUT2D eigenvalue weighted by Gasteiger charge is -2.39. The van der Waals surface area contributed by atoms with Crippen molar-refractivity contribution >= 4 is 0 Å². The Bertz CT molecular complexity index is 419. The summed E-state index contributed by atoms with van der Waals surface area (Å²) in [5.74, 6) is 0.550. The van der Waals surface area contributed by atoms with Gasteiger partial charge in [0.25, 0.3) is 0 Å². The van der Waals surface area contributed by atoms with Gasteiger partial charge in [-0.15, -0.1) is 0 Å². The maximum absolute atomic E-state index is 13.2. The molecule has 0 spiro atoms. The summed E-state index contributed by atoms with van der Waals surface area (Å²) in [6.07, 6.45) is 1.20. The van der Waals surface area contributed by atoms with E-state index < -0.39 is 0 Å². The smallest absolute Gasteiger partial charge is 0.123 e. The average Bonchev–Trinajstić information content (AvgIpc) is 2.41. The van der Waals surface area contributed by atoms with Gasteiger partial charge in [0.1, 0.15) is 5.82 Å². The molecule has 0 bridgehead atoms. The highest BCUT2D eigenvalue weighted by atomic mass is 19.1. The van der Waals surface area contributed by atoms with Crippen molar-refractivity contribution in [2.24, 2.45) is 5.92 Å². The Kier molecular flexibility index (Phi) is 4.94. The molecule has 106 valence electrons. The number of aryl methyl sites for hydroxylation is 1. The van der Waals surface area contributed by atoms with E-state index in [1.165, 1.54) is 12.0 Å². The van der Waals surface area contributed by atoms with E-state index in [9.17, 15) is 4.39 Å². The number of benzene rings is 1. The van der Waals surface area contributed by atoms with Gasteiger partial charge in [-0.1, -0.05) is 26.3 Å². The molecular formula is C16H25FN2. The first-order valence-electron chi connectivity index (χ1n) is 7.31. The number of nitrogens with one attached hydrogen (secondary N) is 1. The van der Waals surface area contributed by atoms with Crippen LogP contribution >= 0.6 is 0 Å². The second-order valence-electron chi connectivity index (χ2n) is 5.70. The lowest BCUT2D eigenvalue weighted by molar-refractivity contribution is 0.109. The lowest BCUT2D eigenvalue weighted by atomic mass is 9.95. The predicted molar refractivity (Wildman–Crippen MR) is 77.7 cm³/mol. The van der Waals surface area contributed by atoms with Crippen LogP contribution in [0.1, 0.15) is 31.4 Å². The molecule has 0 radical (unpaired) electrons. The van der Waals surface area contributed by atoms with Crippen LogP contribution in [0.2, 0.25) is 0 Å². The summed E-state index contributed by atoms with van der Waals surface area (Å²) in [5.41, 5.74) is 2.30. The molecule has 0 aromatic heterocycles. The molecule has 1 aromatic carbocycles. The zero-order chi connectivity index (χ0) is 13.8. The van der Waals surface area contributed by atoms with E-state index >= 15 is 0 Å². The highest BCUT2D eigenvalue weighted by molar-refractivity contribution is 5.26. The Morgan fingerprint density at radius 1 is 1.47 bits per heavy atom. The first-order valence-corrected chi connectivity index (χ1v) is 7.31. The standard InChI is InChI=1S/C16H25FN2/c1-4-12(2)16-10-18-7-8-19(16)11-14-5-6-15(17)9-13(14)3/h5-6,9,12,16,18H,4,7-8,10-11H2,1-3H3. The molecule has 2 atom stereocenters. The van der Waals surface area contributed by atoms with Crippen molar-refractivity contribution in [1.29, 1.82) is 0 Å². The highest BCUT2D eigenvalue weighted by Crippen LogP contribution is 2.20. The van der Waals surface area contributed by atoms with E-state index in [-0.39, 0.29) is 5.82 Å². The summed E-state index contributed by atoms with van der Waals surface area (Å²) in [7, 11) is 0. The largest absolute Gasteiger partial charge is 0.314 e. The molecular weight excluding hydrogens is 239 g/mol. The molecule has 1 heterocycles. The minimum Gasteiger partial charge on any atom is -0.314 e. The fraction of sp³-hybridized carbons (Fsp3) is 0.625. The quantitative estimate of drug-likeness (QED) is 0.899. The summed E-state index contributed by atoms with van der Waals surface area (Å²) >= 11 is 0. The maximum Gasteiger partial charge on any atom is 0.123 e. The van der Waals surface area contributed by atoms with Gasteiger partial charge in [0.2, 0.25) is 0 Å². The molecule has 1 fully saturated rings. The number of hydrogen-bond donors (Lipinski definition) is 1. The van der Waals surface area contributed by atoms with Gasteiger partial charge >= 0.3 is 0 Å². The van der Waals surface area contributed by atoms with Gasteiger partial charge in [0.15, 0.2) is 0 Å². The molecule has 19 heavy (non-hydrogen) atoms. The van der Waals surface area contributed by atoms with Crippen LogP contribution in [-0.4, -0.2) is 30.6 Å². The third kappa shape index (κ3) is 3.54. The van der Waals surface area contributed by atoms with Crippen molar-refractivity contribution < 1.29 is 4.39 Å². The molecule has 0 amide bonds. The van der Waals surface area contributed by atoms with Crippen molar-refractivity contribution in [2.75, 3.05) is 19.6 Å². The minimum absolute atomic E-state index is 0.139. The molecule has 1 aromatic rings. The van der Waals surface area contributed by atoms with Crippen molar-refractivity contribution in [1.82, 2.24) is 10.2 Å². The van der Waals surface area contributed by atoms with Gasteiger partial charge in [0.05, 0.1) is 0 Å². The second-order valence-corrected chi connectivity index (χ2v) is 5.70. The molecule has 1 aliphatic heterocycles. The molecule has 0 aliphatic carbocycles. The van der Waals surface area contributed by atoms with Gasteiger partial charge in [-0.05, 0) is 36.1 Å². The van der Waals surface area contributed by atoms with Gasteiger partial charge < -0.3 is 5.32 Å². The van der Waals surface area contributed by atoms with Crippen LogP contribution < -0.4 is 5.32 Å². The van der Waals surface area contributed by atoms with Crippen LogP contribution in [0.15, 0.2) is 18.2 Å². The number of piperazine rings is 1. The molecule has 1 aliphatic rings. The van der Waals surface area contributed by atoms with Crippen molar-refractivity contribution in [3.8, 4) is 0 Å². The summed E-state index contributed by atoms with van der Waals surface area (Å²) in [5, 5.41) is 3.49. The fourth-order valence-corrected chi connectivity index (χ4v) is 2.85. The average molecular weight is 264 g/mol. The van der Waals surface area contributed by atoms with Gasteiger partial charge in [-0.25, -0.2) is 4.39 Å². The van der Waals surface area contributed by atoms with Crippen LogP contribution in [0, 0.1) is 18.7 Å². The van der Waals surface area contributed by atoms with Crippen LogP contribution in [-0.2, 0) is 6.54 Å². The number of rotatable bonds is 4. The third-order valence-electron chi connectivity index (χ3n) is 4.38. The van der Waals surface area contributed by atoms with Crippen LogP contribution in [0.25, 0.3) is 0 Å². The van der Waals surface area contributed by atoms with E-state index in [2.05, 4.69) is 24.1 Å². The first-order chi connectivity index (χ1) is 9.11. The number of hydrogen-bond acceptors (Lipinski definition) is 2. The molecule has 2 unspecified atom stereocenters. The van der Waals surface area contributed by atoms with Crippen molar-refractivity contribution in [2.45, 2.75) is 39.8 Å². The van der Waals surface area contributed by atoms with Crippen LogP contribution in [0.4, 0.5) is 4.39 Å². The van der Waals surface area contributed by atoms with Gasteiger partial charge in [-0.2, -0.15) is 0 Å². The molecule has 1 N–H and O–H groups in total. The normalized spacial score (nSPS) is 22.4. The SMILES string of the molecule is CCC(C)C1CNCCN1Cc1ccc(F)cc1C. The molecule has 3 heteroatoms. The topological polar surface area (TPSA) is 15.3 Å². The van der Waals surface area contributed by atoms with Crippen molar-refractivity contribution in [3.63, 3.8) is 0 Å².